The highest BCUT2D eigenvalue weighted by molar-refractivity contribution is 5.93. The molecule has 3 aromatic rings. The molecule has 0 saturated heterocycles. The van der Waals surface area contributed by atoms with Crippen LogP contribution in [0, 0.1) is 20.8 Å². The van der Waals surface area contributed by atoms with Gasteiger partial charge in [0.15, 0.2) is 0 Å². The number of amides is 1. The van der Waals surface area contributed by atoms with Crippen LogP contribution in [0.25, 0.3) is 5.69 Å². The lowest BCUT2D eigenvalue weighted by atomic mass is 10.0. The fourth-order valence-electron chi connectivity index (χ4n) is 3.42. The van der Waals surface area contributed by atoms with Crippen LogP contribution in [0.3, 0.4) is 0 Å². The van der Waals surface area contributed by atoms with Crippen LogP contribution in [0.5, 0.6) is 0 Å². The minimum Gasteiger partial charge on any atom is -0.324 e. The maximum atomic E-state index is 12.6. The molecule has 0 aliphatic rings. The zero-order valence-corrected chi connectivity index (χ0v) is 17.1. The summed E-state index contributed by atoms with van der Waals surface area (Å²) in [6.07, 6.45) is 3.18. The van der Waals surface area contributed by atoms with Gasteiger partial charge in [0.25, 0.3) is 0 Å². The Labute approximate surface area is 166 Å². The third-order valence-corrected chi connectivity index (χ3v) is 5.05. The molecule has 0 spiro atoms. The van der Waals surface area contributed by atoms with E-state index in [2.05, 4.69) is 53.5 Å². The summed E-state index contributed by atoms with van der Waals surface area (Å²) in [6, 6.07) is 12.4. The molecule has 1 amide bonds. The minimum atomic E-state index is -0.0105. The Bertz CT molecular complexity index is 925. The molecule has 146 valence electrons. The molecule has 1 heterocycles. The Morgan fingerprint density at radius 3 is 2.36 bits per heavy atom. The Morgan fingerprint density at radius 2 is 1.79 bits per heavy atom. The largest absolute Gasteiger partial charge is 0.324 e. The average molecular weight is 377 g/mol. The maximum absolute atomic E-state index is 12.6. The fraction of sp³-hybridized carbons (Fsp3) is 0.318. The van der Waals surface area contributed by atoms with E-state index in [0.717, 1.165) is 28.1 Å². The standard InChI is InChI=1S/C22H27N5O/c1-15-10-16(2)22(17(3)11-15)25-21(28)12-26(5)18(4)19-6-8-20(9-7-19)27-14-23-13-24-27/h6-11,13-14,18H,12H2,1-5H3,(H,25,28). The van der Waals surface area contributed by atoms with Crippen molar-refractivity contribution in [3.63, 3.8) is 0 Å². The number of nitrogens with zero attached hydrogens (tertiary/aromatic N) is 4. The first-order valence-corrected chi connectivity index (χ1v) is 9.38. The molecule has 6 nitrogen and oxygen atoms in total. The topological polar surface area (TPSA) is 63.1 Å². The van der Waals surface area contributed by atoms with Crippen LogP contribution < -0.4 is 5.32 Å². The molecule has 2 aromatic carbocycles. The van der Waals surface area contributed by atoms with Gasteiger partial charge in [-0.2, -0.15) is 5.10 Å². The highest BCUT2D eigenvalue weighted by atomic mass is 16.2. The number of likely N-dealkylation sites (N-methyl/N-ethyl adjacent to an activating group) is 1. The molecular formula is C22H27N5O. The number of anilines is 1. The van der Waals surface area contributed by atoms with Crippen molar-refractivity contribution in [2.24, 2.45) is 0 Å². The fourth-order valence-corrected chi connectivity index (χ4v) is 3.42. The molecule has 0 saturated carbocycles. The SMILES string of the molecule is Cc1cc(C)c(NC(=O)CN(C)C(C)c2ccc(-n3cncn3)cc2)c(C)c1. The molecule has 1 atom stereocenters. The second kappa shape index (κ2) is 8.35. The molecule has 0 radical (unpaired) electrons. The van der Waals surface area contributed by atoms with Gasteiger partial charge in [-0.05, 0) is 63.6 Å². The van der Waals surface area contributed by atoms with Crippen LogP contribution in [0.15, 0.2) is 49.1 Å². The van der Waals surface area contributed by atoms with Crippen LogP contribution in [0.4, 0.5) is 5.69 Å². The summed E-state index contributed by atoms with van der Waals surface area (Å²) < 4.78 is 1.72. The number of aromatic nitrogens is 3. The summed E-state index contributed by atoms with van der Waals surface area (Å²) >= 11 is 0. The van der Waals surface area contributed by atoms with Crippen molar-refractivity contribution in [3.05, 3.63) is 71.3 Å². The quantitative estimate of drug-likeness (QED) is 0.709. The Balaban J connectivity index is 1.64. The number of rotatable bonds is 6. The van der Waals surface area contributed by atoms with E-state index in [1.54, 1.807) is 11.0 Å². The zero-order chi connectivity index (χ0) is 20.3. The lowest BCUT2D eigenvalue weighted by Crippen LogP contribution is -2.32. The van der Waals surface area contributed by atoms with Crippen LogP contribution in [-0.4, -0.2) is 39.2 Å². The molecule has 0 fully saturated rings. The Morgan fingerprint density at radius 1 is 1.14 bits per heavy atom. The monoisotopic (exact) mass is 377 g/mol. The van der Waals surface area contributed by atoms with Crippen molar-refractivity contribution >= 4 is 11.6 Å². The molecule has 1 N–H and O–H groups in total. The van der Waals surface area contributed by atoms with Crippen molar-refractivity contribution < 1.29 is 4.79 Å². The second-order valence-electron chi connectivity index (χ2n) is 7.34. The molecule has 6 heteroatoms. The van der Waals surface area contributed by atoms with Gasteiger partial charge in [-0.15, -0.1) is 0 Å². The number of hydrogen-bond donors (Lipinski definition) is 1. The van der Waals surface area contributed by atoms with Crippen molar-refractivity contribution in [3.8, 4) is 5.69 Å². The summed E-state index contributed by atoms with van der Waals surface area (Å²) in [6.45, 7) is 8.53. The predicted octanol–water partition coefficient (Wildman–Crippen LogP) is 3.82. The van der Waals surface area contributed by atoms with Gasteiger partial charge >= 0.3 is 0 Å². The molecule has 28 heavy (non-hydrogen) atoms. The zero-order valence-electron chi connectivity index (χ0n) is 17.1. The van der Waals surface area contributed by atoms with E-state index in [1.807, 2.05) is 37.9 Å². The van der Waals surface area contributed by atoms with Crippen molar-refractivity contribution in [2.75, 3.05) is 18.9 Å². The van der Waals surface area contributed by atoms with E-state index in [-0.39, 0.29) is 11.9 Å². The summed E-state index contributed by atoms with van der Waals surface area (Å²) in [5.74, 6) is -0.0105. The highest BCUT2D eigenvalue weighted by Gasteiger charge is 2.16. The normalized spacial score (nSPS) is 12.2. The third-order valence-electron chi connectivity index (χ3n) is 5.05. The van der Waals surface area contributed by atoms with Gasteiger partial charge < -0.3 is 5.32 Å². The van der Waals surface area contributed by atoms with Crippen LogP contribution in [0.1, 0.15) is 35.2 Å². The van der Waals surface area contributed by atoms with Crippen LogP contribution in [-0.2, 0) is 4.79 Å². The lowest BCUT2D eigenvalue weighted by Gasteiger charge is -2.25. The highest BCUT2D eigenvalue weighted by Crippen LogP contribution is 2.23. The molecular weight excluding hydrogens is 350 g/mol. The number of carbonyl (C=O) groups is 1. The summed E-state index contributed by atoms with van der Waals surface area (Å²) in [7, 11) is 1.96. The van der Waals surface area contributed by atoms with Crippen molar-refractivity contribution in [1.82, 2.24) is 19.7 Å². The van der Waals surface area contributed by atoms with E-state index < -0.39 is 0 Å². The van der Waals surface area contributed by atoms with Crippen molar-refractivity contribution in [1.29, 1.82) is 0 Å². The molecule has 0 bridgehead atoms. The number of carbonyl (C=O) groups excluding carboxylic acids is 1. The van der Waals surface area contributed by atoms with Crippen molar-refractivity contribution in [2.45, 2.75) is 33.7 Å². The van der Waals surface area contributed by atoms with Gasteiger partial charge in [0, 0.05) is 11.7 Å². The van der Waals surface area contributed by atoms with Gasteiger partial charge in [0.1, 0.15) is 12.7 Å². The first kappa shape index (κ1) is 19.8. The number of aryl methyl sites for hydroxylation is 3. The first-order chi connectivity index (χ1) is 13.3. The third kappa shape index (κ3) is 4.46. The first-order valence-electron chi connectivity index (χ1n) is 9.38. The molecule has 1 aromatic heterocycles. The molecule has 1 unspecified atom stereocenters. The Hall–Kier alpha value is -2.99. The van der Waals surface area contributed by atoms with E-state index in [0.29, 0.717) is 6.54 Å². The van der Waals surface area contributed by atoms with E-state index in [9.17, 15) is 4.79 Å². The van der Waals surface area contributed by atoms with Crippen LogP contribution >= 0.6 is 0 Å². The smallest absolute Gasteiger partial charge is 0.238 e. The second-order valence-corrected chi connectivity index (χ2v) is 7.34. The average Bonchev–Trinajstić information content (AvgIpc) is 3.19. The number of nitrogens with one attached hydrogen (secondary N) is 1. The summed E-state index contributed by atoms with van der Waals surface area (Å²) in [4.78, 5) is 18.6. The van der Waals surface area contributed by atoms with E-state index in [1.165, 1.54) is 11.9 Å². The van der Waals surface area contributed by atoms with Gasteiger partial charge in [0.2, 0.25) is 5.91 Å². The summed E-state index contributed by atoms with van der Waals surface area (Å²) in [5.41, 5.74) is 6.39. The molecule has 3 rings (SSSR count). The van der Waals surface area contributed by atoms with E-state index >= 15 is 0 Å². The van der Waals surface area contributed by atoms with Gasteiger partial charge in [-0.25, -0.2) is 9.67 Å². The predicted molar refractivity (Wildman–Crippen MR) is 112 cm³/mol. The van der Waals surface area contributed by atoms with Crippen LogP contribution in [0.2, 0.25) is 0 Å². The summed E-state index contributed by atoms with van der Waals surface area (Å²) in [5, 5.41) is 7.21. The Kier molecular flexibility index (Phi) is 5.90. The van der Waals surface area contributed by atoms with Gasteiger partial charge in [-0.1, -0.05) is 29.8 Å². The van der Waals surface area contributed by atoms with E-state index in [4.69, 9.17) is 0 Å². The molecule has 0 aliphatic heterocycles. The lowest BCUT2D eigenvalue weighted by molar-refractivity contribution is -0.117. The number of hydrogen-bond acceptors (Lipinski definition) is 4. The van der Waals surface area contributed by atoms with Gasteiger partial charge in [0.05, 0.1) is 12.2 Å². The van der Waals surface area contributed by atoms with Gasteiger partial charge in [-0.3, -0.25) is 9.69 Å². The maximum Gasteiger partial charge on any atom is 0.238 e. The minimum absolute atomic E-state index is 0.0105. The number of benzene rings is 2. The molecule has 0 aliphatic carbocycles.